The molecule has 0 spiro atoms. The van der Waals surface area contributed by atoms with Crippen LogP contribution in [0.1, 0.15) is 26.2 Å². The Morgan fingerprint density at radius 3 is 2.80 bits per heavy atom. The molecular formula is C11H22N2O2. The van der Waals surface area contributed by atoms with Crippen molar-refractivity contribution in [3.63, 3.8) is 0 Å². The summed E-state index contributed by atoms with van der Waals surface area (Å²) in [7, 11) is 3.73. The molecular weight excluding hydrogens is 192 g/mol. The van der Waals surface area contributed by atoms with Crippen molar-refractivity contribution in [2.75, 3.05) is 27.2 Å². The van der Waals surface area contributed by atoms with E-state index in [1.54, 1.807) is 0 Å². The van der Waals surface area contributed by atoms with Gasteiger partial charge in [-0.2, -0.15) is 0 Å². The standard InChI is InChI=1S/C11H22N2O2/c1-9(10-6-4-5-7-12-10)15-11(14)8-13(2)3/h9-10,12H,4-8H2,1-3H3. The Hall–Kier alpha value is -0.610. The number of ether oxygens (including phenoxy) is 1. The summed E-state index contributed by atoms with van der Waals surface area (Å²) in [5.41, 5.74) is 0. The number of hydrogen-bond donors (Lipinski definition) is 1. The fourth-order valence-electron chi connectivity index (χ4n) is 1.86. The zero-order valence-corrected chi connectivity index (χ0v) is 9.95. The van der Waals surface area contributed by atoms with Gasteiger partial charge in [-0.25, -0.2) is 0 Å². The molecule has 1 N–H and O–H groups in total. The zero-order valence-electron chi connectivity index (χ0n) is 9.95. The molecule has 1 aliphatic heterocycles. The van der Waals surface area contributed by atoms with Gasteiger partial charge >= 0.3 is 5.97 Å². The maximum atomic E-state index is 11.4. The smallest absolute Gasteiger partial charge is 0.320 e. The van der Waals surface area contributed by atoms with Gasteiger partial charge in [0.25, 0.3) is 0 Å². The molecule has 15 heavy (non-hydrogen) atoms. The number of likely N-dealkylation sites (N-methyl/N-ethyl adjacent to an activating group) is 1. The van der Waals surface area contributed by atoms with E-state index in [1.165, 1.54) is 12.8 Å². The lowest BCUT2D eigenvalue weighted by atomic mass is 10.0. The lowest BCUT2D eigenvalue weighted by Crippen LogP contribution is -2.44. The number of esters is 1. The van der Waals surface area contributed by atoms with Gasteiger partial charge in [-0.3, -0.25) is 9.69 Å². The molecule has 0 bridgehead atoms. The van der Waals surface area contributed by atoms with Crippen LogP contribution in [0.4, 0.5) is 0 Å². The van der Waals surface area contributed by atoms with Gasteiger partial charge < -0.3 is 10.1 Å². The van der Waals surface area contributed by atoms with E-state index in [1.807, 2.05) is 25.9 Å². The van der Waals surface area contributed by atoms with Gasteiger partial charge in [0.05, 0.1) is 6.54 Å². The molecule has 1 rings (SSSR count). The number of nitrogens with zero attached hydrogens (tertiary/aromatic N) is 1. The molecule has 88 valence electrons. The van der Waals surface area contributed by atoms with Crippen molar-refractivity contribution in [2.45, 2.75) is 38.3 Å². The van der Waals surface area contributed by atoms with Gasteiger partial charge in [0.2, 0.25) is 0 Å². The highest BCUT2D eigenvalue weighted by Gasteiger charge is 2.22. The first-order chi connectivity index (χ1) is 7.09. The average Bonchev–Trinajstić information content (AvgIpc) is 2.17. The normalized spacial score (nSPS) is 23.9. The van der Waals surface area contributed by atoms with Crippen molar-refractivity contribution in [2.24, 2.45) is 0 Å². The molecule has 0 aromatic heterocycles. The first-order valence-corrected chi connectivity index (χ1v) is 5.67. The first-order valence-electron chi connectivity index (χ1n) is 5.67. The Morgan fingerprint density at radius 1 is 1.53 bits per heavy atom. The van der Waals surface area contributed by atoms with Crippen molar-refractivity contribution >= 4 is 5.97 Å². The topological polar surface area (TPSA) is 41.6 Å². The van der Waals surface area contributed by atoms with Crippen LogP contribution in [0.2, 0.25) is 0 Å². The Balaban J connectivity index is 2.27. The van der Waals surface area contributed by atoms with Gasteiger partial charge in [0, 0.05) is 6.04 Å². The molecule has 0 aromatic rings. The largest absolute Gasteiger partial charge is 0.460 e. The molecule has 4 nitrogen and oxygen atoms in total. The number of hydrogen-bond acceptors (Lipinski definition) is 4. The van der Waals surface area contributed by atoms with E-state index < -0.39 is 0 Å². The Bertz CT molecular complexity index is 201. The summed E-state index contributed by atoms with van der Waals surface area (Å²) in [6.45, 7) is 3.37. The average molecular weight is 214 g/mol. The summed E-state index contributed by atoms with van der Waals surface area (Å²) < 4.78 is 5.36. The third kappa shape index (κ3) is 4.62. The van der Waals surface area contributed by atoms with Crippen molar-refractivity contribution in [1.29, 1.82) is 0 Å². The molecule has 0 aromatic carbocycles. The molecule has 1 heterocycles. The lowest BCUT2D eigenvalue weighted by Gasteiger charge is -2.28. The molecule has 1 fully saturated rings. The molecule has 0 saturated carbocycles. The van der Waals surface area contributed by atoms with Crippen molar-refractivity contribution in [1.82, 2.24) is 10.2 Å². The second-order valence-corrected chi connectivity index (χ2v) is 4.49. The number of piperidine rings is 1. The molecule has 0 amide bonds. The van der Waals surface area contributed by atoms with Gasteiger partial charge in [-0.15, -0.1) is 0 Å². The van der Waals surface area contributed by atoms with E-state index in [4.69, 9.17) is 4.74 Å². The van der Waals surface area contributed by atoms with E-state index in [0.29, 0.717) is 12.6 Å². The Morgan fingerprint density at radius 2 is 2.27 bits per heavy atom. The Kier molecular flexibility index (Phi) is 5.05. The number of nitrogens with one attached hydrogen (secondary N) is 1. The van der Waals surface area contributed by atoms with Crippen LogP contribution in [-0.2, 0) is 9.53 Å². The first kappa shape index (κ1) is 12.5. The minimum absolute atomic E-state index is 0.0160. The molecule has 4 heteroatoms. The number of carbonyl (C=O) groups excluding carboxylic acids is 1. The van der Waals surface area contributed by atoms with Crippen molar-refractivity contribution in [3.8, 4) is 0 Å². The van der Waals surface area contributed by atoms with E-state index >= 15 is 0 Å². The lowest BCUT2D eigenvalue weighted by molar-refractivity contribution is -0.150. The number of rotatable bonds is 4. The summed E-state index contributed by atoms with van der Waals surface area (Å²) in [6.07, 6.45) is 3.55. The quantitative estimate of drug-likeness (QED) is 0.697. The monoisotopic (exact) mass is 214 g/mol. The van der Waals surface area contributed by atoms with Crippen LogP contribution in [0.15, 0.2) is 0 Å². The molecule has 1 aliphatic rings. The highest BCUT2D eigenvalue weighted by molar-refractivity contribution is 5.71. The van der Waals surface area contributed by atoms with Crippen molar-refractivity contribution in [3.05, 3.63) is 0 Å². The molecule has 2 unspecified atom stereocenters. The van der Waals surface area contributed by atoms with E-state index in [-0.39, 0.29) is 12.1 Å². The van der Waals surface area contributed by atoms with Crippen LogP contribution < -0.4 is 5.32 Å². The van der Waals surface area contributed by atoms with Gasteiger partial charge in [0.1, 0.15) is 6.10 Å². The van der Waals surface area contributed by atoms with Gasteiger partial charge in [0.15, 0.2) is 0 Å². The highest BCUT2D eigenvalue weighted by Crippen LogP contribution is 2.12. The van der Waals surface area contributed by atoms with Crippen LogP contribution in [-0.4, -0.2) is 50.2 Å². The summed E-state index contributed by atoms with van der Waals surface area (Å²) >= 11 is 0. The van der Waals surface area contributed by atoms with Gasteiger partial charge in [-0.05, 0) is 40.4 Å². The molecule has 0 radical (unpaired) electrons. The second kappa shape index (κ2) is 6.08. The minimum atomic E-state index is -0.139. The Labute approximate surface area is 92.0 Å². The van der Waals surface area contributed by atoms with Crippen molar-refractivity contribution < 1.29 is 9.53 Å². The van der Waals surface area contributed by atoms with Crippen LogP contribution in [0.3, 0.4) is 0 Å². The predicted molar refractivity (Wildman–Crippen MR) is 59.7 cm³/mol. The SMILES string of the molecule is CC(OC(=O)CN(C)C)C1CCCCN1. The summed E-state index contributed by atoms with van der Waals surface area (Å²) in [5, 5.41) is 3.39. The number of carbonyl (C=O) groups is 1. The molecule has 2 atom stereocenters. The fraction of sp³-hybridized carbons (Fsp3) is 0.909. The third-order valence-electron chi connectivity index (χ3n) is 2.68. The molecule has 0 aliphatic carbocycles. The van der Waals surface area contributed by atoms with Gasteiger partial charge in [-0.1, -0.05) is 6.42 Å². The van der Waals surface area contributed by atoms with E-state index in [2.05, 4.69) is 5.32 Å². The van der Waals surface area contributed by atoms with Crippen LogP contribution in [0.5, 0.6) is 0 Å². The molecule has 1 saturated heterocycles. The third-order valence-corrected chi connectivity index (χ3v) is 2.68. The fourth-order valence-corrected chi connectivity index (χ4v) is 1.86. The summed E-state index contributed by atoms with van der Waals surface area (Å²) in [4.78, 5) is 13.2. The van der Waals surface area contributed by atoms with Crippen LogP contribution in [0, 0.1) is 0 Å². The van der Waals surface area contributed by atoms with Crippen LogP contribution in [0.25, 0.3) is 0 Å². The van der Waals surface area contributed by atoms with E-state index in [0.717, 1.165) is 13.0 Å². The summed E-state index contributed by atoms with van der Waals surface area (Å²) in [6, 6.07) is 0.338. The zero-order chi connectivity index (χ0) is 11.3. The summed E-state index contributed by atoms with van der Waals surface area (Å²) in [5.74, 6) is -0.139. The minimum Gasteiger partial charge on any atom is -0.460 e. The van der Waals surface area contributed by atoms with Crippen LogP contribution >= 0.6 is 0 Å². The maximum Gasteiger partial charge on any atom is 0.320 e. The second-order valence-electron chi connectivity index (χ2n) is 4.49. The predicted octanol–water partition coefficient (Wildman–Crippen LogP) is 0.622. The highest BCUT2D eigenvalue weighted by atomic mass is 16.5. The van der Waals surface area contributed by atoms with E-state index in [9.17, 15) is 4.79 Å². The maximum absolute atomic E-state index is 11.4.